The van der Waals surface area contributed by atoms with Gasteiger partial charge in [-0.25, -0.2) is 23.5 Å². The number of nitrogens with zero attached hydrogens (tertiary/aromatic N) is 4. The van der Waals surface area contributed by atoms with Crippen molar-refractivity contribution >= 4 is 5.97 Å². The first-order valence-corrected chi connectivity index (χ1v) is 5.85. The summed E-state index contributed by atoms with van der Waals surface area (Å²) in [7, 11) is 1.69. The van der Waals surface area contributed by atoms with Gasteiger partial charge in [0.1, 0.15) is 17.0 Å². The minimum Gasteiger partial charge on any atom is -0.462 e. The Morgan fingerprint density at radius 1 is 1.50 bits per heavy atom. The van der Waals surface area contributed by atoms with Gasteiger partial charge in [0.25, 0.3) is 6.43 Å². The molecule has 0 radical (unpaired) electrons. The van der Waals surface area contributed by atoms with Crippen molar-refractivity contribution in [2.45, 2.75) is 13.3 Å². The van der Waals surface area contributed by atoms with Crippen LogP contribution in [0.1, 0.15) is 29.4 Å². The number of esters is 1. The first-order valence-electron chi connectivity index (χ1n) is 5.85. The van der Waals surface area contributed by atoms with Crippen LogP contribution in [0.3, 0.4) is 0 Å². The molecule has 0 aliphatic carbocycles. The average Bonchev–Trinajstić information content (AvgIpc) is 2.85. The van der Waals surface area contributed by atoms with Crippen LogP contribution in [0.25, 0.3) is 11.5 Å². The predicted octanol–water partition coefficient (Wildman–Crippen LogP) is 1.99. The molecule has 0 fully saturated rings. The normalized spacial score (nSPS) is 10.8. The first-order chi connectivity index (χ1) is 9.52. The number of hydrogen-bond donors (Lipinski definition) is 0. The summed E-state index contributed by atoms with van der Waals surface area (Å²) in [4.78, 5) is 19.2. The molecule has 106 valence electrons. The van der Waals surface area contributed by atoms with Gasteiger partial charge in [-0.3, -0.25) is 4.68 Å². The maximum absolute atomic E-state index is 13.0. The van der Waals surface area contributed by atoms with Crippen LogP contribution in [0.15, 0.2) is 18.5 Å². The van der Waals surface area contributed by atoms with Crippen LogP contribution in [0.4, 0.5) is 8.78 Å². The fourth-order valence-corrected chi connectivity index (χ4v) is 1.59. The van der Waals surface area contributed by atoms with E-state index in [1.807, 2.05) is 0 Å². The molecule has 0 aromatic carbocycles. The lowest BCUT2D eigenvalue weighted by Gasteiger charge is -2.07. The molecule has 2 rings (SSSR count). The highest BCUT2D eigenvalue weighted by Gasteiger charge is 2.23. The largest absolute Gasteiger partial charge is 0.462 e. The van der Waals surface area contributed by atoms with Gasteiger partial charge in [0.2, 0.25) is 0 Å². The quantitative estimate of drug-likeness (QED) is 0.802. The van der Waals surface area contributed by atoms with Crippen LogP contribution in [0.5, 0.6) is 0 Å². The summed E-state index contributed by atoms with van der Waals surface area (Å²) in [5.74, 6) is -0.829. The minimum absolute atomic E-state index is 0.0361. The second-order valence-corrected chi connectivity index (χ2v) is 3.89. The summed E-state index contributed by atoms with van der Waals surface area (Å²) in [5.41, 5.74) is -0.634. The molecule has 0 aliphatic heterocycles. The van der Waals surface area contributed by atoms with Gasteiger partial charge in [-0.05, 0) is 13.0 Å². The standard InChI is InChI=1S/C12H12F2N4O2/c1-3-20-12(19)7-6-15-11(16-9(7)10(13)14)8-4-5-18(2)17-8/h4-6,10H,3H2,1-2H3. The van der Waals surface area contributed by atoms with Crippen LogP contribution in [-0.2, 0) is 11.8 Å². The molecular formula is C12H12F2N4O2. The minimum atomic E-state index is -2.90. The topological polar surface area (TPSA) is 69.9 Å². The molecule has 8 heteroatoms. The molecule has 2 aromatic rings. The molecular weight excluding hydrogens is 270 g/mol. The summed E-state index contributed by atoms with van der Waals surface area (Å²) in [6.45, 7) is 1.67. The number of halogens is 2. The lowest BCUT2D eigenvalue weighted by molar-refractivity contribution is 0.0513. The molecule has 0 amide bonds. The molecule has 0 saturated heterocycles. The highest BCUT2D eigenvalue weighted by molar-refractivity contribution is 5.90. The zero-order valence-electron chi connectivity index (χ0n) is 10.9. The number of aromatic nitrogens is 4. The summed E-state index contributed by atoms with van der Waals surface area (Å²) >= 11 is 0. The zero-order valence-corrected chi connectivity index (χ0v) is 10.9. The van der Waals surface area contributed by atoms with Gasteiger partial charge in [-0.2, -0.15) is 5.10 Å². The Bertz CT molecular complexity index is 628. The van der Waals surface area contributed by atoms with E-state index in [1.165, 1.54) is 4.68 Å². The lowest BCUT2D eigenvalue weighted by atomic mass is 10.2. The molecule has 2 aromatic heterocycles. The van der Waals surface area contributed by atoms with Crippen LogP contribution in [-0.4, -0.2) is 32.3 Å². The smallest absolute Gasteiger partial charge is 0.341 e. The Morgan fingerprint density at radius 2 is 2.25 bits per heavy atom. The Morgan fingerprint density at radius 3 is 2.80 bits per heavy atom. The molecule has 0 N–H and O–H groups in total. The summed E-state index contributed by atoms with van der Waals surface area (Å²) in [6, 6.07) is 1.59. The molecule has 2 heterocycles. The van der Waals surface area contributed by atoms with Crippen LogP contribution < -0.4 is 0 Å². The van der Waals surface area contributed by atoms with E-state index in [-0.39, 0.29) is 18.0 Å². The van der Waals surface area contributed by atoms with Crippen molar-refractivity contribution in [3.63, 3.8) is 0 Å². The van der Waals surface area contributed by atoms with E-state index < -0.39 is 18.1 Å². The molecule has 0 atom stereocenters. The highest BCUT2D eigenvalue weighted by atomic mass is 19.3. The maximum atomic E-state index is 13.0. The number of rotatable bonds is 4. The van der Waals surface area contributed by atoms with Crippen LogP contribution >= 0.6 is 0 Å². The number of carbonyl (C=O) groups excluding carboxylic acids is 1. The van der Waals surface area contributed by atoms with Crippen molar-refractivity contribution in [3.8, 4) is 11.5 Å². The van der Waals surface area contributed by atoms with Crippen molar-refractivity contribution in [2.75, 3.05) is 6.61 Å². The molecule has 6 nitrogen and oxygen atoms in total. The van der Waals surface area contributed by atoms with Crippen molar-refractivity contribution in [3.05, 3.63) is 29.7 Å². The third-order valence-corrected chi connectivity index (χ3v) is 2.46. The molecule has 0 unspecified atom stereocenters. The third kappa shape index (κ3) is 2.79. The monoisotopic (exact) mass is 282 g/mol. The van der Waals surface area contributed by atoms with Gasteiger partial charge in [-0.15, -0.1) is 0 Å². The van der Waals surface area contributed by atoms with E-state index in [2.05, 4.69) is 15.1 Å². The van der Waals surface area contributed by atoms with Crippen molar-refractivity contribution in [1.82, 2.24) is 19.7 Å². The summed E-state index contributed by atoms with van der Waals surface area (Å²) < 4.78 is 32.2. The van der Waals surface area contributed by atoms with Gasteiger partial charge in [0.05, 0.1) is 6.61 Å². The van der Waals surface area contributed by atoms with Gasteiger partial charge in [0.15, 0.2) is 5.82 Å². The Labute approximate surface area is 113 Å². The number of alkyl halides is 2. The van der Waals surface area contributed by atoms with E-state index in [1.54, 1.807) is 26.2 Å². The zero-order chi connectivity index (χ0) is 14.7. The average molecular weight is 282 g/mol. The van der Waals surface area contributed by atoms with E-state index >= 15 is 0 Å². The first kappa shape index (κ1) is 14.0. The van der Waals surface area contributed by atoms with Crippen LogP contribution in [0.2, 0.25) is 0 Å². The van der Waals surface area contributed by atoms with Crippen molar-refractivity contribution < 1.29 is 18.3 Å². The van der Waals surface area contributed by atoms with E-state index in [0.717, 1.165) is 6.20 Å². The molecule has 20 heavy (non-hydrogen) atoms. The number of ether oxygens (including phenoxy) is 1. The number of hydrogen-bond acceptors (Lipinski definition) is 5. The van der Waals surface area contributed by atoms with Crippen molar-refractivity contribution in [2.24, 2.45) is 7.05 Å². The summed E-state index contributed by atoms with van der Waals surface area (Å²) in [5, 5.41) is 4.02. The van der Waals surface area contributed by atoms with Crippen LogP contribution in [0, 0.1) is 0 Å². The molecule has 0 spiro atoms. The number of aryl methyl sites for hydroxylation is 1. The maximum Gasteiger partial charge on any atom is 0.341 e. The Kier molecular flexibility index (Phi) is 4.02. The predicted molar refractivity (Wildman–Crippen MR) is 65.1 cm³/mol. The second kappa shape index (κ2) is 5.72. The number of carbonyl (C=O) groups is 1. The van der Waals surface area contributed by atoms with E-state index in [4.69, 9.17) is 4.74 Å². The second-order valence-electron chi connectivity index (χ2n) is 3.89. The van der Waals surface area contributed by atoms with E-state index in [9.17, 15) is 13.6 Å². The van der Waals surface area contributed by atoms with Gasteiger partial charge < -0.3 is 4.74 Å². The van der Waals surface area contributed by atoms with Gasteiger partial charge in [0, 0.05) is 19.4 Å². The third-order valence-electron chi connectivity index (χ3n) is 2.46. The molecule has 0 saturated carbocycles. The van der Waals surface area contributed by atoms with Crippen molar-refractivity contribution in [1.29, 1.82) is 0 Å². The molecule has 0 bridgehead atoms. The molecule has 0 aliphatic rings. The SMILES string of the molecule is CCOC(=O)c1cnc(-c2ccn(C)n2)nc1C(F)F. The lowest BCUT2D eigenvalue weighted by Crippen LogP contribution is -2.12. The fourth-order valence-electron chi connectivity index (χ4n) is 1.59. The fraction of sp³-hybridized carbons (Fsp3) is 0.333. The van der Waals surface area contributed by atoms with Gasteiger partial charge >= 0.3 is 5.97 Å². The highest BCUT2D eigenvalue weighted by Crippen LogP contribution is 2.23. The Hall–Kier alpha value is -2.38. The Balaban J connectivity index is 2.45. The summed E-state index contributed by atoms with van der Waals surface area (Å²) in [6.07, 6.45) is -0.226. The van der Waals surface area contributed by atoms with Gasteiger partial charge in [-0.1, -0.05) is 0 Å². The van der Waals surface area contributed by atoms with E-state index in [0.29, 0.717) is 5.69 Å².